The Morgan fingerprint density at radius 2 is 1.74 bits per heavy atom. The Morgan fingerprint density at radius 1 is 1.13 bits per heavy atom. The molecule has 0 saturated carbocycles. The number of rotatable bonds is 5. The second-order valence-electron chi connectivity index (χ2n) is 5.63. The summed E-state index contributed by atoms with van der Waals surface area (Å²) in [6.07, 6.45) is 0. The van der Waals surface area contributed by atoms with E-state index in [1.807, 2.05) is 13.8 Å². The Bertz CT molecular complexity index is 799. The largest absolute Gasteiger partial charge is 0.496 e. The van der Waals surface area contributed by atoms with Gasteiger partial charge in [-0.25, -0.2) is 12.8 Å². The smallest absolute Gasteiger partial charge is 0.262 e. The number of aryl methyl sites for hydroxylation is 1. The van der Waals surface area contributed by atoms with E-state index in [1.54, 1.807) is 26.2 Å². The number of benzene rings is 2. The van der Waals surface area contributed by atoms with Crippen molar-refractivity contribution in [1.29, 1.82) is 0 Å². The lowest BCUT2D eigenvalue weighted by atomic mass is 10.0. The lowest BCUT2D eigenvalue weighted by Gasteiger charge is -2.17. The Morgan fingerprint density at radius 3 is 2.26 bits per heavy atom. The zero-order chi connectivity index (χ0) is 17.2. The van der Waals surface area contributed by atoms with Crippen LogP contribution in [-0.4, -0.2) is 15.5 Å². The molecule has 0 amide bonds. The maximum atomic E-state index is 12.9. The van der Waals surface area contributed by atoms with Crippen LogP contribution in [0.5, 0.6) is 5.75 Å². The minimum absolute atomic E-state index is 0.116. The monoisotopic (exact) mass is 337 g/mol. The first-order valence-electron chi connectivity index (χ1n) is 7.21. The quantitative estimate of drug-likeness (QED) is 0.895. The SMILES string of the molecule is COc1cc(C)c(S(=O)(=O)Nc2ccc(F)cc2)cc1C(C)C. The molecule has 2 aromatic rings. The number of hydrogen-bond acceptors (Lipinski definition) is 3. The number of methoxy groups -OCH3 is 1. The van der Waals surface area contributed by atoms with E-state index in [0.29, 0.717) is 17.0 Å². The van der Waals surface area contributed by atoms with Gasteiger partial charge in [-0.1, -0.05) is 13.8 Å². The van der Waals surface area contributed by atoms with Gasteiger partial charge in [0.15, 0.2) is 0 Å². The molecule has 0 saturated heterocycles. The third-order valence-corrected chi connectivity index (χ3v) is 5.06. The van der Waals surface area contributed by atoms with Crippen molar-refractivity contribution in [3.8, 4) is 5.75 Å². The van der Waals surface area contributed by atoms with Crippen LogP contribution in [0.25, 0.3) is 0 Å². The molecule has 0 aliphatic heterocycles. The van der Waals surface area contributed by atoms with E-state index in [2.05, 4.69) is 4.72 Å². The predicted octanol–water partition coefficient (Wildman–Crippen LogP) is 4.07. The highest BCUT2D eigenvalue weighted by atomic mass is 32.2. The maximum Gasteiger partial charge on any atom is 0.262 e. The summed E-state index contributed by atoms with van der Waals surface area (Å²) in [5.74, 6) is 0.360. The second kappa shape index (κ2) is 6.58. The third-order valence-electron chi connectivity index (χ3n) is 3.54. The molecule has 1 N–H and O–H groups in total. The zero-order valence-electron chi connectivity index (χ0n) is 13.6. The molecule has 0 aromatic heterocycles. The molecule has 6 heteroatoms. The summed E-state index contributed by atoms with van der Waals surface area (Å²) in [6.45, 7) is 5.65. The predicted molar refractivity (Wildman–Crippen MR) is 89.0 cm³/mol. The lowest BCUT2D eigenvalue weighted by molar-refractivity contribution is 0.406. The summed E-state index contributed by atoms with van der Waals surface area (Å²) in [4.78, 5) is 0.186. The van der Waals surface area contributed by atoms with Crippen LogP contribution in [0.3, 0.4) is 0 Å². The molecular weight excluding hydrogens is 317 g/mol. The topological polar surface area (TPSA) is 55.4 Å². The van der Waals surface area contributed by atoms with Gasteiger partial charge in [-0.05, 0) is 60.4 Å². The normalized spacial score (nSPS) is 11.6. The molecule has 0 aliphatic rings. The number of sulfonamides is 1. The number of nitrogens with one attached hydrogen (secondary N) is 1. The summed E-state index contributed by atoms with van der Waals surface area (Å²) in [5.41, 5.74) is 1.71. The first kappa shape index (κ1) is 17.3. The fourth-order valence-corrected chi connectivity index (χ4v) is 3.64. The standard InChI is InChI=1S/C17H20FNO3S/c1-11(2)15-10-17(12(3)9-16(15)22-4)23(20,21)19-14-7-5-13(18)6-8-14/h5-11,19H,1-4H3. The van der Waals surface area contributed by atoms with Gasteiger partial charge in [-0.2, -0.15) is 0 Å². The third kappa shape index (κ3) is 3.82. The van der Waals surface area contributed by atoms with Crippen molar-refractivity contribution in [1.82, 2.24) is 0 Å². The molecule has 124 valence electrons. The average Bonchev–Trinajstić information content (AvgIpc) is 2.48. The molecule has 23 heavy (non-hydrogen) atoms. The van der Waals surface area contributed by atoms with Crippen molar-refractivity contribution in [2.45, 2.75) is 31.6 Å². The van der Waals surface area contributed by atoms with Crippen LogP contribution in [0.15, 0.2) is 41.3 Å². The van der Waals surface area contributed by atoms with Crippen LogP contribution >= 0.6 is 0 Å². The van der Waals surface area contributed by atoms with Gasteiger partial charge in [0.05, 0.1) is 12.0 Å². The number of hydrogen-bond donors (Lipinski definition) is 1. The highest BCUT2D eigenvalue weighted by Gasteiger charge is 2.21. The van der Waals surface area contributed by atoms with E-state index < -0.39 is 15.8 Å². The van der Waals surface area contributed by atoms with Crippen LogP contribution in [0.1, 0.15) is 30.9 Å². The minimum Gasteiger partial charge on any atom is -0.496 e. The average molecular weight is 337 g/mol. The van der Waals surface area contributed by atoms with E-state index in [9.17, 15) is 12.8 Å². The molecule has 2 rings (SSSR count). The number of anilines is 1. The summed E-state index contributed by atoms with van der Waals surface area (Å²) in [7, 11) is -2.20. The molecule has 0 aliphatic carbocycles. The van der Waals surface area contributed by atoms with Crippen LogP contribution in [-0.2, 0) is 10.0 Å². The molecule has 0 radical (unpaired) electrons. The van der Waals surface area contributed by atoms with Crippen LogP contribution in [0, 0.1) is 12.7 Å². The van der Waals surface area contributed by atoms with E-state index in [4.69, 9.17) is 4.74 Å². The highest BCUT2D eigenvalue weighted by Crippen LogP contribution is 2.32. The van der Waals surface area contributed by atoms with Gasteiger partial charge in [0.25, 0.3) is 10.0 Å². The molecular formula is C17H20FNO3S. The molecule has 0 fully saturated rings. The summed E-state index contributed by atoms with van der Waals surface area (Å²) in [5, 5.41) is 0. The van der Waals surface area contributed by atoms with E-state index >= 15 is 0 Å². The lowest BCUT2D eigenvalue weighted by Crippen LogP contribution is -2.15. The first-order valence-corrected chi connectivity index (χ1v) is 8.70. The molecule has 4 nitrogen and oxygen atoms in total. The Balaban J connectivity index is 2.46. The molecule has 0 spiro atoms. The van der Waals surface area contributed by atoms with Crippen molar-refractivity contribution >= 4 is 15.7 Å². The van der Waals surface area contributed by atoms with Crippen molar-refractivity contribution in [3.05, 3.63) is 53.3 Å². The van der Waals surface area contributed by atoms with Crippen LogP contribution in [0.4, 0.5) is 10.1 Å². The Kier molecular flexibility index (Phi) is 4.94. The first-order chi connectivity index (χ1) is 10.7. The van der Waals surface area contributed by atoms with E-state index in [0.717, 1.165) is 5.56 Å². The number of halogens is 1. The van der Waals surface area contributed by atoms with Gasteiger partial charge in [-0.15, -0.1) is 0 Å². The number of ether oxygens (including phenoxy) is 1. The zero-order valence-corrected chi connectivity index (χ0v) is 14.4. The fourth-order valence-electron chi connectivity index (χ4n) is 2.32. The molecule has 0 heterocycles. The van der Waals surface area contributed by atoms with Gasteiger partial charge in [-0.3, -0.25) is 4.72 Å². The summed E-state index contributed by atoms with van der Waals surface area (Å²) >= 11 is 0. The molecule has 2 aromatic carbocycles. The van der Waals surface area contributed by atoms with Gasteiger partial charge in [0, 0.05) is 5.69 Å². The van der Waals surface area contributed by atoms with Gasteiger partial charge >= 0.3 is 0 Å². The van der Waals surface area contributed by atoms with Gasteiger partial charge in [0.1, 0.15) is 11.6 Å². The van der Waals surface area contributed by atoms with Crippen molar-refractivity contribution in [2.75, 3.05) is 11.8 Å². The fraction of sp³-hybridized carbons (Fsp3) is 0.294. The van der Waals surface area contributed by atoms with E-state index in [1.165, 1.54) is 24.3 Å². The summed E-state index contributed by atoms with van der Waals surface area (Å²) in [6, 6.07) is 8.53. The molecule has 0 unspecified atom stereocenters. The van der Waals surface area contributed by atoms with Crippen LogP contribution < -0.4 is 9.46 Å². The van der Waals surface area contributed by atoms with Crippen molar-refractivity contribution in [3.63, 3.8) is 0 Å². The Labute approximate surface area is 136 Å². The molecule has 0 bridgehead atoms. The van der Waals surface area contributed by atoms with Crippen molar-refractivity contribution in [2.24, 2.45) is 0 Å². The van der Waals surface area contributed by atoms with E-state index in [-0.39, 0.29) is 10.8 Å². The second-order valence-corrected chi connectivity index (χ2v) is 7.28. The van der Waals surface area contributed by atoms with Crippen LogP contribution in [0.2, 0.25) is 0 Å². The minimum atomic E-state index is -3.77. The highest BCUT2D eigenvalue weighted by molar-refractivity contribution is 7.92. The van der Waals surface area contributed by atoms with Crippen molar-refractivity contribution < 1.29 is 17.5 Å². The summed E-state index contributed by atoms with van der Waals surface area (Å²) < 4.78 is 46.0. The van der Waals surface area contributed by atoms with Gasteiger partial charge < -0.3 is 4.74 Å². The molecule has 0 atom stereocenters. The van der Waals surface area contributed by atoms with Gasteiger partial charge in [0.2, 0.25) is 0 Å². The Hall–Kier alpha value is -2.08. The maximum absolute atomic E-state index is 12.9.